The van der Waals surface area contributed by atoms with Gasteiger partial charge in [-0.2, -0.15) is 0 Å². The first-order chi connectivity index (χ1) is 5.29. The lowest BCUT2D eigenvalue weighted by Gasteiger charge is -2.13. The molecule has 3 nitrogen and oxygen atoms in total. The molecule has 2 aliphatic rings. The van der Waals surface area contributed by atoms with E-state index in [-0.39, 0.29) is 23.7 Å². The van der Waals surface area contributed by atoms with Gasteiger partial charge in [-0.05, 0) is 12.8 Å². The molecule has 1 saturated heterocycles. The summed E-state index contributed by atoms with van der Waals surface area (Å²) in [5, 5.41) is 7.31. The third kappa shape index (κ3) is 0.878. The number of ether oxygens (including phenoxy) is 1. The van der Waals surface area contributed by atoms with Crippen molar-refractivity contribution in [3.8, 4) is 0 Å². The van der Waals surface area contributed by atoms with Crippen molar-refractivity contribution in [2.24, 2.45) is 11.8 Å². The summed E-state index contributed by atoms with van der Waals surface area (Å²) in [5.41, 5.74) is 0. The summed E-state index contributed by atoms with van der Waals surface area (Å²) in [6.45, 7) is 0. The molecular formula is C8H9NO2. The molecule has 58 valence electrons. The number of esters is 1. The van der Waals surface area contributed by atoms with Crippen molar-refractivity contribution in [1.82, 2.24) is 0 Å². The average Bonchev–Trinajstić information content (AvgIpc) is 2.30. The quantitative estimate of drug-likeness (QED) is 0.416. The van der Waals surface area contributed by atoms with Gasteiger partial charge in [0, 0.05) is 0 Å². The van der Waals surface area contributed by atoms with Gasteiger partial charge < -0.3 is 4.74 Å². The maximum absolute atomic E-state index is 11.0. The molecule has 2 unspecified atom stereocenters. The Morgan fingerprint density at radius 3 is 3.18 bits per heavy atom. The van der Waals surface area contributed by atoms with Crippen LogP contribution in [0.2, 0.25) is 0 Å². The molecule has 0 spiro atoms. The third-order valence-electron chi connectivity index (χ3n) is 2.24. The summed E-state index contributed by atoms with van der Waals surface area (Å²) in [4.78, 5) is 11.0. The van der Waals surface area contributed by atoms with Gasteiger partial charge in [0.2, 0.25) is 0 Å². The highest BCUT2D eigenvalue weighted by Gasteiger charge is 2.40. The molecule has 2 atom stereocenters. The molecule has 0 radical (unpaired) electrons. The highest BCUT2D eigenvalue weighted by atomic mass is 16.5. The molecule has 0 amide bonds. The van der Waals surface area contributed by atoms with Crippen LogP contribution in [0.4, 0.5) is 0 Å². The molecule has 0 aromatic heterocycles. The molecule has 2 rings (SSSR count). The fraction of sp³-hybridized carbons (Fsp3) is 0.500. The molecule has 0 aromatic carbocycles. The Balaban J connectivity index is 2.30. The number of cyclic esters (lactones) is 1. The van der Waals surface area contributed by atoms with E-state index in [1.807, 2.05) is 12.2 Å². The number of fused-ring (bicyclic) bond motifs is 1. The third-order valence-corrected chi connectivity index (χ3v) is 2.24. The van der Waals surface area contributed by atoms with Crippen LogP contribution in [0, 0.1) is 17.2 Å². The molecule has 11 heavy (non-hydrogen) atoms. The summed E-state index contributed by atoms with van der Waals surface area (Å²) in [7, 11) is 0. The molecule has 0 aromatic rings. The standard InChI is InChI=1S/C8H9NO2/c9-7-5-3-1-2-4-6(5)8(10)11-7/h1,3,5-6,9H,2,4H2. The molecule has 3 heteroatoms. The maximum Gasteiger partial charge on any atom is 0.316 e. The van der Waals surface area contributed by atoms with Gasteiger partial charge in [-0.1, -0.05) is 12.2 Å². The number of allylic oxidation sites excluding steroid dienone is 1. The predicted molar refractivity (Wildman–Crippen MR) is 39.2 cm³/mol. The minimum Gasteiger partial charge on any atom is -0.411 e. The van der Waals surface area contributed by atoms with Crippen molar-refractivity contribution < 1.29 is 9.53 Å². The van der Waals surface area contributed by atoms with Gasteiger partial charge in [0.1, 0.15) is 0 Å². The Morgan fingerprint density at radius 1 is 1.64 bits per heavy atom. The molecule has 1 heterocycles. The van der Waals surface area contributed by atoms with E-state index in [1.165, 1.54) is 0 Å². The second-order valence-corrected chi connectivity index (χ2v) is 2.92. The molecular weight excluding hydrogens is 142 g/mol. The maximum atomic E-state index is 11.0. The summed E-state index contributed by atoms with van der Waals surface area (Å²) < 4.78 is 4.70. The van der Waals surface area contributed by atoms with E-state index in [0.717, 1.165) is 12.8 Å². The van der Waals surface area contributed by atoms with Crippen molar-refractivity contribution in [2.45, 2.75) is 12.8 Å². The number of carbonyl (C=O) groups excluding carboxylic acids is 1. The Kier molecular flexibility index (Phi) is 1.31. The van der Waals surface area contributed by atoms with E-state index in [0.29, 0.717) is 0 Å². The zero-order valence-electron chi connectivity index (χ0n) is 6.04. The van der Waals surface area contributed by atoms with E-state index >= 15 is 0 Å². The lowest BCUT2D eigenvalue weighted by molar-refractivity contribution is -0.137. The van der Waals surface area contributed by atoms with Gasteiger partial charge in [0.15, 0.2) is 5.90 Å². The first-order valence-corrected chi connectivity index (χ1v) is 3.76. The second-order valence-electron chi connectivity index (χ2n) is 2.92. The number of rotatable bonds is 0. The van der Waals surface area contributed by atoms with Crippen LogP contribution in [-0.4, -0.2) is 11.9 Å². The van der Waals surface area contributed by atoms with Crippen LogP contribution in [-0.2, 0) is 9.53 Å². The van der Waals surface area contributed by atoms with Crippen LogP contribution in [0.1, 0.15) is 12.8 Å². The fourth-order valence-corrected chi connectivity index (χ4v) is 1.62. The zero-order valence-corrected chi connectivity index (χ0v) is 6.04. The van der Waals surface area contributed by atoms with Crippen molar-refractivity contribution in [2.75, 3.05) is 0 Å². The Bertz CT molecular complexity index is 244. The lowest BCUT2D eigenvalue weighted by atomic mass is 9.86. The summed E-state index contributed by atoms with van der Waals surface area (Å²) in [6, 6.07) is 0. The van der Waals surface area contributed by atoms with E-state index in [1.54, 1.807) is 0 Å². The van der Waals surface area contributed by atoms with Crippen LogP contribution in [0.15, 0.2) is 12.2 Å². The number of hydrogen-bond donors (Lipinski definition) is 1. The van der Waals surface area contributed by atoms with Crippen LogP contribution < -0.4 is 0 Å². The molecule has 0 bridgehead atoms. The molecule has 1 aliphatic heterocycles. The normalized spacial score (nSPS) is 35.3. The minimum absolute atomic E-state index is 0.0590. The number of hydrogen-bond acceptors (Lipinski definition) is 3. The fourth-order valence-electron chi connectivity index (χ4n) is 1.62. The van der Waals surface area contributed by atoms with E-state index in [2.05, 4.69) is 0 Å². The first-order valence-electron chi connectivity index (χ1n) is 3.76. The summed E-state index contributed by atoms with van der Waals surface area (Å²) in [5.74, 6) is -0.218. The summed E-state index contributed by atoms with van der Waals surface area (Å²) in [6.07, 6.45) is 5.69. The lowest BCUT2D eigenvalue weighted by Crippen LogP contribution is -2.17. The highest BCUT2D eigenvalue weighted by molar-refractivity contribution is 5.99. The van der Waals surface area contributed by atoms with Gasteiger partial charge in [-0.15, -0.1) is 0 Å². The minimum atomic E-state index is -0.218. The SMILES string of the molecule is N=C1OC(=O)C2CCC=CC12. The molecule has 1 aliphatic carbocycles. The Labute approximate surface area is 64.6 Å². The monoisotopic (exact) mass is 151 g/mol. The average molecular weight is 151 g/mol. The van der Waals surface area contributed by atoms with Gasteiger partial charge in [0.25, 0.3) is 0 Å². The van der Waals surface area contributed by atoms with Crippen LogP contribution in [0.5, 0.6) is 0 Å². The van der Waals surface area contributed by atoms with Gasteiger partial charge in [-0.3, -0.25) is 10.2 Å². The Morgan fingerprint density at radius 2 is 2.45 bits per heavy atom. The zero-order chi connectivity index (χ0) is 7.84. The van der Waals surface area contributed by atoms with E-state index in [9.17, 15) is 4.79 Å². The number of carbonyl (C=O) groups is 1. The molecule has 1 fully saturated rings. The number of nitrogens with one attached hydrogen (secondary N) is 1. The topological polar surface area (TPSA) is 50.1 Å². The first kappa shape index (κ1) is 6.58. The van der Waals surface area contributed by atoms with Crippen LogP contribution in [0.25, 0.3) is 0 Å². The van der Waals surface area contributed by atoms with Crippen molar-refractivity contribution in [3.63, 3.8) is 0 Å². The Hall–Kier alpha value is -1.12. The van der Waals surface area contributed by atoms with Gasteiger partial charge in [-0.25, -0.2) is 0 Å². The van der Waals surface area contributed by atoms with Crippen molar-refractivity contribution >= 4 is 11.9 Å². The van der Waals surface area contributed by atoms with E-state index < -0.39 is 0 Å². The molecule has 0 saturated carbocycles. The van der Waals surface area contributed by atoms with Gasteiger partial charge >= 0.3 is 5.97 Å². The van der Waals surface area contributed by atoms with Crippen molar-refractivity contribution in [3.05, 3.63) is 12.2 Å². The smallest absolute Gasteiger partial charge is 0.316 e. The summed E-state index contributed by atoms with van der Waals surface area (Å²) >= 11 is 0. The van der Waals surface area contributed by atoms with Crippen LogP contribution in [0.3, 0.4) is 0 Å². The van der Waals surface area contributed by atoms with Crippen LogP contribution >= 0.6 is 0 Å². The molecule has 1 N–H and O–H groups in total. The second kappa shape index (κ2) is 2.19. The van der Waals surface area contributed by atoms with Crippen molar-refractivity contribution in [1.29, 1.82) is 5.41 Å². The predicted octanol–water partition coefficient (Wildman–Crippen LogP) is 1.10. The highest BCUT2D eigenvalue weighted by Crippen LogP contribution is 2.32. The van der Waals surface area contributed by atoms with Gasteiger partial charge in [0.05, 0.1) is 11.8 Å². The van der Waals surface area contributed by atoms with E-state index in [4.69, 9.17) is 10.1 Å². The largest absolute Gasteiger partial charge is 0.411 e.